The van der Waals surface area contributed by atoms with E-state index in [0.717, 1.165) is 17.7 Å². The number of nitrogens with one attached hydrogen (secondary N) is 1. The first-order valence-electron chi connectivity index (χ1n) is 3.97. The molecule has 1 aromatic rings. The monoisotopic (exact) mass is 165 g/mol. The summed E-state index contributed by atoms with van der Waals surface area (Å²) in [5.41, 5.74) is 2.01. The third kappa shape index (κ3) is 0.978. The number of benzene rings is 1. The highest BCUT2D eigenvalue weighted by Gasteiger charge is 2.16. The van der Waals surface area contributed by atoms with Crippen molar-refractivity contribution in [2.24, 2.45) is 0 Å². The van der Waals surface area contributed by atoms with Crippen LogP contribution >= 0.6 is 0 Å². The maximum Gasteiger partial charge on any atom is 0.164 e. The second kappa shape index (κ2) is 2.59. The van der Waals surface area contributed by atoms with Crippen molar-refractivity contribution in [3.63, 3.8) is 0 Å². The second-order valence-electron chi connectivity index (χ2n) is 2.83. The van der Waals surface area contributed by atoms with Gasteiger partial charge in [-0.2, -0.15) is 0 Å². The van der Waals surface area contributed by atoms with Crippen LogP contribution in [-0.2, 0) is 6.42 Å². The highest BCUT2D eigenvalue weighted by Crippen LogP contribution is 2.37. The first-order chi connectivity index (χ1) is 5.81. The van der Waals surface area contributed by atoms with Gasteiger partial charge in [0.25, 0.3) is 0 Å². The van der Waals surface area contributed by atoms with Gasteiger partial charge in [-0.1, -0.05) is 0 Å². The first kappa shape index (κ1) is 7.28. The summed E-state index contributed by atoms with van der Waals surface area (Å²) < 4.78 is 5.25. The summed E-state index contributed by atoms with van der Waals surface area (Å²) in [6.45, 7) is 0.677. The van der Waals surface area contributed by atoms with Gasteiger partial charge in [-0.15, -0.1) is 0 Å². The normalized spacial score (nSPS) is 13.8. The molecule has 0 saturated heterocycles. The summed E-state index contributed by atoms with van der Waals surface area (Å²) in [7, 11) is 1.83. The number of fused-ring (bicyclic) bond motifs is 1. The molecule has 1 heterocycles. The summed E-state index contributed by atoms with van der Waals surface area (Å²) >= 11 is 0. The number of hydrogen-bond acceptors (Lipinski definition) is 3. The largest absolute Gasteiger partial charge is 0.504 e. The van der Waals surface area contributed by atoms with E-state index in [1.165, 1.54) is 0 Å². The predicted molar refractivity (Wildman–Crippen MR) is 46.9 cm³/mol. The smallest absolute Gasteiger partial charge is 0.164 e. The van der Waals surface area contributed by atoms with E-state index < -0.39 is 0 Å². The van der Waals surface area contributed by atoms with E-state index in [1.54, 1.807) is 6.07 Å². The Morgan fingerprint density at radius 2 is 2.33 bits per heavy atom. The van der Waals surface area contributed by atoms with Crippen LogP contribution in [0.3, 0.4) is 0 Å². The fourth-order valence-electron chi connectivity index (χ4n) is 1.43. The maximum absolute atomic E-state index is 9.48. The van der Waals surface area contributed by atoms with Crippen molar-refractivity contribution < 1.29 is 9.84 Å². The average Bonchev–Trinajstić information content (AvgIpc) is 2.52. The lowest BCUT2D eigenvalue weighted by atomic mass is 10.1. The zero-order valence-corrected chi connectivity index (χ0v) is 6.92. The number of rotatable bonds is 1. The minimum Gasteiger partial charge on any atom is -0.504 e. The van der Waals surface area contributed by atoms with Crippen LogP contribution in [0.25, 0.3) is 0 Å². The molecule has 1 aliphatic heterocycles. The van der Waals surface area contributed by atoms with Crippen molar-refractivity contribution in [3.8, 4) is 11.5 Å². The Bertz CT molecular complexity index is 310. The number of anilines is 1. The Labute approximate surface area is 71.0 Å². The Kier molecular flexibility index (Phi) is 1.57. The van der Waals surface area contributed by atoms with Gasteiger partial charge in [0.15, 0.2) is 11.5 Å². The molecule has 0 spiro atoms. The molecule has 3 heteroatoms. The van der Waals surface area contributed by atoms with E-state index in [-0.39, 0.29) is 5.75 Å². The topological polar surface area (TPSA) is 41.5 Å². The van der Waals surface area contributed by atoms with Crippen molar-refractivity contribution in [2.45, 2.75) is 6.42 Å². The average molecular weight is 165 g/mol. The standard InChI is InChI=1S/C9H11NO2/c1-10-7-4-6-2-3-12-9(6)8(11)5-7/h4-5,10-11H,2-3H2,1H3. The van der Waals surface area contributed by atoms with Crippen LogP contribution in [-0.4, -0.2) is 18.8 Å². The lowest BCUT2D eigenvalue weighted by molar-refractivity contribution is 0.335. The van der Waals surface area contributed by atoms with Crippen LogP contribution in [0.4, 0.5) is 5.69 Å². The third-order valence-electron chi connectivity index (χ3n) is 2.05. The molecule has 0 aromatic heterocycles. The van der Waals surface area contributed by atoms with Crippen LogP contribution in [0.5, 0.6) is 11.5 Å². The van der Waals surface area contributed by atoms with Gasteiger partial charge in [0.1, 0.15) is 0 Å². The Hall–Kier alpha value is -1.38. The quantitative estimate of drug-likeness (QED) is 0.660. The molecular formula is C9H11NO2. The lowest BCUT2D eigenvalue weighted by Crippen LogP contribution is -1.89. The van der Waals surface area contributed by atoms with Crippen LogP contribution in [0, 0.1) is 0 Å². The van der Waals surface area contributed by atoms with Crippen molar-refractivity contribution in [2.75, 3.05) is 19.0 Å². The predicted octanol–water partition coefficient (Wildman–Crippen LogP) is 1.37. The van der Waals surface area contributed by atoms with E-state index >= 15 is 0 Å². The number of phenolic OH excluding ortho intramolecular Hbond substituents is 1. The van der Waals surface area contributed by atoms with Crippen molar-refractivity contribution in [1.29, 1.82) is 0 Å². The summed E-state index contributed by atoms with van der Waals surface area (Å²) in [6.07, 6.45) is 0.887. The molecule has 2 rings (SSSR count). The highest BCUT2D eigenvalue weighted by atomic mass is 16.5. The minimum atomic E-state index is 0.231. The van der Waals surface area contributed by atoms with E-state index in [9.17, 15) is 5.11 Å². The van der Waals surface area contributed by atoms with E-state index in [2.05, 4.69) is 5.32 Å². The van der Waals surface area contributed by atoms with E-state index in [1.807, 2.05) is 13.1 Å². The van der Waals surface area contributed by atoms with Crippen LogP contribution in [0.2, 0.25) is 0 Å². The van der Waals surface area contributed by atoms with Crippen molar-refractivity contribution in [3.05, 3.63) is 17.7 Å². The molecule has 1 aromatic carbocycles. The van der Waals surface area contributed by atoms with Crippen LogP contribution in [0.1, 0.15) is 5.56 Å². The Morgan fingerprint density at radius 1 is 1.50 bits per heavy atom. The lowest BCUT2D eigenvalue weighted by Gasteiger charge is -2.05. The van der Waals surface area contributed by atoms with Gasteiger partial charge in [-0.25, -0.2) is 0 Å². The zero-order chi connectivity index (χ0) is 8.55. The summed E-state index contributed by atoms with van der Waals surface area (Å²) in [5.74, 6) is 0.878. The SMILES string of the molecule is CNc1cc(O)c2c(c1)CCO2. The number of phenols is 1. The number of aromatic hydroxyl groups is 1. The fourth-order valence-corrected chi connectivity index (χ4v) is 1.43. The fraction of sp³-hybridized carbons (Fsp3) is 0.333. The first-order valence-corrected chi connectivity index (χ1v) is 3.97. The summed E-state index contributed by atoms with van der Waals surface area (Å²) in [6, 6.07) is 3.67. The summed E-state index contributed by atoms with van der Waals surface area (Å²) in [5, 5.41) is 12.5. The molecule has 0 atom stereocenters. The third-order valence-corrected chi connectivity index (χ3v) is 2.05. The molecule has 0 bridgehead atoms. The molecule has 1 aliphatic rings. The second-order valence-corrected chi connectivity index (χ2v) is 2.83. The van der Waals surface area contributed by atoms with Crippen molar-refractivity contribution >= 4 is 5.69 Å². The van der Waals surface area contributed by atoms with Gasteiger partial charge in [-0.05, 0) is 6.07 Å². The van der Waals surface area contributed by atoms with Gasteiger partial charge in [0.05, 0.1) is 6.61 Å². The Morgan fingerprint density at radius 3 is 3.08 bits per heavy atom. The van der Waals surface area contributed by atoms with E-state index in [0.29, 0.717) is 12.4 Å². The molecule has 0 saturated carbocycles. The molecule has 0 unspecified atom stereocenters. The minimum absolute atomic E-state index is 0.231. The number of hydrogen-bond donors (Lipinski definition) is 2. The zero-order valence-electron chi connectivity index (χ0n) is 6.92. The molecular weight excluding hydrogens is 154 g/mol. The molecule has 12 heavy (non-hydrogen) atoms. The highest BCUT2D eigenvalue weighted by molar-refractivity contribution is 5.59. The van der Waals surface area contributed by atoms with Gasteiger partial charge in [0.2, 0.25) is 0 Å². The molecule has 0 radical (unpaired) electrons. The maximum atomic E-state index is 9.48. The molecule has 2 N–H and O–H groups in total. The molecule has 3 nitrogen and oxygen atoms in total. The molecule has 64 valence electrons. The van der Waals surface area contributed by atoms with Gasteiger partial charge < -0.3 is 15.2 Å². The molecule has 0 aliphatic carbocycles. The molecule has 0 amide bonds. The Balaban J connectivity index is 2.51. The van der Waals surface area contributed by atoms with Gasteiger partial charge >= 0.3 is 0 Å². The summed E-state index contributed by atoms with van der Waals surface area (Å²) in [4.78, 5) is 0. The van der Waals surface area contributed by atoms with Gasteiger partial charge in [-0.3, -0.25) is 0 Å². The van der Waals surface area contributed by atoms with Crippen LogP contribution < -0.4 is 10.1 Å². The molecule has 0 fully saturated rings. The van der Waals surface area contributed by atoms with Crippen LogP contribution in [0.15, 0.2) is 12.1 Å². The van der Waals surface area contributed by atoms with E-state index in [4.69, 9.17) is 4.74 Å². The number of ether oxygens (including phenoxy) is 1. The van der Waals surface area contributed by atoms with Gasteiger partial charge in [0, 0.05) is 30.8 Å². The van der Waals surface area contributed by atoms with Crippen molar-refractivity contribution in [1.82, 2.24) is 0 Å².